The lowest BCUT2D eigenvalue weighted by Gasteiger charge is -2.02. The standard InChI is InChI=1S/C10H9ClO3/c1-7(12)14-6-8-3-2-4-9(5-8)10(11)13/h2-5H,6H2,1H3. The Kier molecular flexibility index (Phi) is 3.65. The number of rotatable bonds is 3. The van der Waals surface area contributed by atoms with Crippen molar-refractivity contribution in [3.63, 3.8) is 0 Å². The molecule has 0 fully saturated rings. The van der Waals surface area contributed by atoms with Gasteiger partial charge in [0.15, 0.2) is 0 Å². The van der Waals surface area contributed by atoms with Crippen molar-refractivity contribution in [1.29, 1.82) is 0 Å². The largest absolute Gasteiger partial charge is 0.461 e. The van der Waals surface area contributed by atoms with Crippen LogP contribution in [0.4, 0.5) is 0 Å². The van der Waals surface area contributed by atoms with Crippen LogP contribution in [0.1, 0.15) is 22.8 Å². The first-order valence-corrected chi connectivity index (χ1v) is 4.39. The van der Waals surface area contributed by atoms with Gasteiger partial charge < -0.3 is 4.74 Å². The van der Waals surface area contributed by atoms with Crippen LogP contribution in [0.5, 0.6) is 0 Å². The van der Waals surface area contributed by atoms with Gasteiger partial charge >= 0.3 is 5.97 Å². The monoisotopic (exact) mass is 212 g/mol. The lowest BCUT2D eigenvalue weighted by Crippen LogP contribution is -1.99. The molecule has 74 valence electrons. The molecule has 0 bridgehead atoms. The van der Waals surface area contributed by atoms with E-state index < -0.39 is 5.24 Å². The number of ether oxygens (including phenoxy) is 1. The van der Waals surface area contributed by atoms with E-state index in [1.54, 1.807) is 24.3 Å². The van der Waals surface area contributed by atoms with Crippen molar-refractivity contribution < 1.29 is 14.3 Å². The van der Waals surface area contributed by atoms with Crippen molar-refractivity contribution >= 4 is 22.8 Å². The second-order valence-electron chi connectivity index (χ2n) is 2.75. The van der Waals surface area contributed by atoms with Crippen LogP contribution in [0.2, 0.25) is 0 Å². The van der Waals surface area contributed by atoms with Crippen LogP contribution in [0.25, 0.3) is 0 Å². The highest BCUT2D eigenvalue weighted by Crippen LogP contribution is 2.09. The zero-order valence-electron chi connectivity index (χ0n) is 7.62. The van der Waals surface area contributed by atoms with Crippen LogP contribution >= 0.6 is 11.6 Å². The van der Waals surface area contributed by atoms with Gasteiger partial charge in [0.1, 0.15) is 6.61 Å². The molecule has 1 aromatic carbocycles. The van der Waals surface area contributed by atoms with Crippen molar-refractivity contribution in [1.82, 2.24) is 0 Å². The van der Waals surface area contributed by atoms with E-state index in [9.17, 15) is 9.59 Å². The summed E-state index contributed by atoms with van der Waals surface area (Å²) < 4.78 is 4.77. The SMILES string of the molecule is CC(=O)OCc1cccc(C(=O)Cl)c1. The number of hydrogen-bond acceptors (Lipinski definition) is 3. The number of benzene rings is 1. The molecule has 1 aromatic rings. The summed E-state index contributed by atoms with van der Waals surface area (Å²) in [7, 11) is 0. The average molecular weight is 213 g/mol. The van der Waals surface area contributed by atoms with E-state index in [2.05, 4.69) is 0 Å². The minimum absolute atomic E-state index is 0.160. The fourth-order valence-electron chi connectivity index (χ4n) is 0.968. The normalized spacial score (nSPS) is 9.57. The van der Waals surface area contributed by atoms with Gasteiger partial charge in [-0.25, -0.2) is 0 Å². The Balaban J connectivity index is 2.73. The first-order valence-electron chi connectivity index (χ1n) is 4.01. The van der Waals surface area contributed by atoms with E-state index in [0.29, 0.717) is 5.56 Å². The van der Waals surface area contributed by atoms with E-state index in [1.807, 2.05) is 0 Å². The Morgan fingerprint density at radius 1 is 1.43 bits per heavy atom. The number of carbonyl (C=O) groups is 2. The summed E-state index contributed by atoms with van der Waals surface area (Å²) in [6.45, 7) is 1.49. The predicted molar refractivity (Wildman–Crippen MR) is 52.1 cm³/mol. The Hall–Kier alpha value is -1.35. The molecule has 0 N–H and O–H groups in total. The van der Waals surface area contributed by atoms with Gasteiger partial charge in [0.2, 0.25) is 0 Å². The molecule has 0 amide bonds. The number of carbonyl (C=O) groups excluding carboxylic acids is 2. The zero-order valence-corrected chi connectivity index (χ0v) is 8.38. The minimum Gasteiger partial charge on any atom is -0.461 e. The van der Waals surface area contributed by atoms with E-state index in [-0.39, 0.29) is 12.6 Å². The first kappa shape index (κ1) is 10.7. The maximum Gasteiger partial charge on any atom is 0.302 e. The lowest BCUT2D eigenvalue weighted by atomic mass is 10.1. The van der Waals surface area contributed by atoms with E-state index in [1.165, 1.54) is 6.92 Å². The smallest absolute Gasteiger partial charge is 0.302 e. The molecule has 3 nitrogen and oxygen atoms in total. The first-order chi connectivity index (χ1) is 6.59. The third-order valence-corrected chi connectivity index (χ3v) is 1.81. The van der Waals surface area contributed by atoms with Crippen molar-refractivity contribution in [3.8, 4) is 0 Å². The van der Waals surface area contributed by atoms with Crippen molar-refractivity contribution in [2.24, 2.45) is 0 Å². The summed E-state index contributed by atoms with van der Waals surface area (Å²) in [5, 5.41) is -0.519. The topological polar surface area (TPSA) is 43.4 Å². The lowest BCUT2D eigenvalue weighted by molar-refractivity contribution is -0.142. The molecule has 4 heteroatoms. The maximum atomic E-state index is 10.8. The van der Waals surface area contributed by atoms with Gasteiger partial charge in [-0.1, -0.05) is 18.2 Å². The number of esters is 1. The average Bonchev–Trinajstić information content (AvgIpc) is 2.15. The van der Waals surface area contributed by atoms with Crippen LogP contribution in [0, 0.1) is 0 Å². The molecule has 0 aliphatic carbocycles. The summed E-state index contributed by atoms with van der Waals surface area (Å²) in [4.78, 5) is 21.3. The van der Waals surface area contributed by atoms with E-state index in [4.69, 9.17) is 16.3 Å². The molecule has 0 aromatic heterocycles. The second-order valence-corrected chi connectivity index (χ2v) is 3.10. The quantitative estimate of drug-likeness (QED) is 0.570. The molecule has 1 rings (SSSR count). The number of halogens is 1. The molecule has 0 aliphatic heterocycles. The minimum atomic E-state index is -0.519. The van der Waals surface area contributed by atoms with Gasteiger partial charge in [-0.05, 0) is 23.2 Å². The predicted octanol–water partition coefficient (Wildman–Crippen LogP) is 2.13. The van der Waals surface area contributed by atoms with Crippen molar-refractivity contribution in [2.45, 2.75) is 13.5 Å². The Labute approximate surface area is 86.6 Å². The molecular weight excluding hydrogens is 204 g/mol. The Morgan fingerprint density at radius 2 is 2.14 bits per heavy atom. The molecule has 0 radical (unpaired) electrons. The second kappa shape index (κ2) is 4.77. The molecule has 0 heterocycles. The number of hydrogen-bond donors (Lipinski definition) is 0. The van der Waals surface area contributed by atoms with Crippen LogP contribution in [-0.2, 0) is 16.1 Å². The van der Waals surface area contributed by atoms with E-state index in [0.717, 1.165) is 5.56 Å². The maximum absolute atomic E-state index is 10.8. The third-order valence-electron chi connectivity index (χ3n) is 1.60. The molecule has 0 unspecified atom stereocenters. The summed E-state index contributed by atoms with van der Waals surface area (Å²) in [5.74, 6) is -0.354. The van der Waals surface area contributed by atoms with E-state index >= 15 is 0 Å². The van der Waals surface area contributed by atoms with Crippen LogP contribution in [-0.4, -0.2) is 11.2 Å². The van der Waals surface area contributed by atoms with Gasteiger partial charge in [0.25, 0.3) is 5.24 Å². The molecule has 0 saturated carbocycles. The van der Waals surface area contributed by atoms with Crippen molar-refractivity contribution in [2.75, 3.05) is 0 Å². The fourth-order valence-corrected chi connectivity index (χ4v) is 1.09. The Bertz CT molecular complexity index is 360. The van der Waals surface area contributed by atoms with Gasteiger partial charge in [0.05, 0.1) is 0 Å². The van der Waals surface area contributed by atoms with Gasteiger partial charge in [-0.3, -0.25) is 9.59 Å². The third kappa shape index (κ3) is 3.18. The summed E-state index contributed by atoms with van der Waals surface area (Å²) in [5.41, 5.74) is 1.14. The molecule has 0 atom stereocenters. The molecule has 14 heavy (non-hydrogen) atoms. The molecular formula is C10H9ClO3. The molecule has 0 saturated heterocycles. The molecule has 0 spiro atoms. The van der Waals surface area contributed by atoms with Crippen LogP contribution in [0.15, 0.2) is 24.3 Å². The van der Waals surface area contributed by atoms with Gasteiger partial charge in [-0.15, -0.1) is 0 Å². The highest BCUT2D eigenvalue weighted by molar-refractivity contribution is 6.67. The highest BCUT2D eigenvalue weighted by Gasteiger charge is 2.03. The van der Waals surface area contributed by atoms with Gasteiger partial charge in [-0.2, -0.15) is 0 Å². The summed E-state index contributed by atoms with van der Waals surface area (Å²) in [6.07, 6.45) is 0. The Morgan fingerprint density at radius 3 is 2.71 bits per heavy atom. The van der Waals surface area contributed by atoms with Crippen molar-refractivity contribution in [3.05, 3.63) is 35.4 Å². The van der Waals surface area contributed by atoms with Gasteiger partial charge in [0, 0.05) is 12.5 Å². The van der Waals surface area contributed by atoms with Crippen LogP contribution in [0.3, 0.4) is 0 Å². The summed E-state index contributed by atoms with van der Waals surface area (Å²) in [6, 6.07) is 6.64. The highest BCUT2D eigenvalue weighted by atomic mass is 35.5. The van der Waals surface area contributed by atoms with Crippen LogP contribution < -0.4 is 0 Å². The summed E-state index contributed by atoms with van der Waals surface area (Å²) >= 11 is 5.29. The fraction of sp³-hybridized carbons (Fsp3) is 0.200. The molecule has 0 aliphatic rings. The zero-order chi connectivity index (χ0) is 10.6.